The highest BCUT2D eigenvalue weighted by atomic mass is 32.2. The zero-order valence-electron chi connectivity index (χ0n) is 10.3. The third kappa shape index (κ3) is 4.25. The molecule has 0 spiro atoms. The van der Waals surface area contributed by atoms with Crippen molar-refractivity contribution in [2.45, 2.75) is 24.1 Å². The van der Waals surface area contributed by atoms with Gasteiger partial charge in [0.05, 0.1) is 0 Å². The summed E-state index contributed by atoms with van der Waals surface area (Å²) in [6.45, 7) is -0.231. The first-order chi connectivity index (χ1) is 8.62. The molecular weight excluding hydrogens is 296 g/mol. The highest BCUT2D eigenvalue weighted by Crippen LogP contribution is 2.20. The first-order valence-electron chi connectivity index (χ1n) is 5.47. The van der Waals surface area contributed by atoms with Gasteiger partial charge < -0.3 is 10.0 Å². The lowest BCUT2D eigenvalue weighted by atomic mass is 10.2. The molecule has 0 radical (unpaired) electrons. The highest BCUT2D eigenvalue weighted by molar-refractivity contribution is 7.89. The van der Waals surface area contributed by atoms with Crippen LogP contribution in [0.15, 0.2) is 0 Å². The van der Waals surface area contributed by atoms with Crippen LogP contribution in [0.2, 0.25) is 0 Å². The Balaban J connectivity index is 2.84. The number of rotatable bonds is 6. The van der Waals surface area contributed by atoms with Gasteiger partial charge in [-0.3, -0.25) is 9.00 Å². The topological polar surface area (TPSA) is 135 Å². The Hall–Kier alpha value is -1.00. The van der Waals surface area contributed by atoms with Crippen LogP contribution in [0.5, 0.6) is 0 Å². The Bertz CT molecular complexity index is 503. The van der Waals surface area contributed by atoms with E-state index in [1.165, 1.54) is 6.26 Å². The number of hydrogen-bond acceptors (Lipinski definition) is 5. The minimum Gasteiger partial charge on any atom is -0.480 e. The van der Waals surface area contributed by atoms with Gasteiger partial charge >= 0.3 is 5.97 Å². The zero-order chi connectivity index (χ0) is 14.8. The first kappa shape index (κ1) is 16.1. The fraction of sp³-hybridized carbons (Fsp3) is 0.778. The van der Waals surface area contributed by atoms with E-state index in [-0.39, 0.29) is 25.1 Å². The molecule has 1 saturated heterocycles. The van der Waals surface area contributed by atoms with Gasteiger partial charge in [0, 0.05) is 35.8 Å². The monoisotopic (exact) mass is 312 g/mol. The summed E-state index contributed by atoms with van der Waals surface area (Å²) in [7, 11) is -5.06. The minimum atomic E-state index is -3.87. The van der Waals surface area contributed by atoms with Crippen molar-refractivity contribution >= 4 is 32.7 Å². The average Bonchev–Trinajstić information content (AvgIpc) is 2.60. The van der Waals surface area contributed by atoms with Crippen molar-refractivity contribution in [3.05, 3.63) is 0 Å². The minimum absolute atomic E-state index is 0.0154. The fourth-order valence-electron chi connectivity index (χ4n) is 1.91. The lowest BCUT2D eigenvalue weighted by Crippen LogP contribution is -2.44. The maximum Gasteiger partial charge on any atom is 0.326 e. The molecule has 0 aromatic heterocycles. The smallest absolute Gasteiger partial charge is 0.326 e. The van der Waals surface area contributed by atoms with Crippen LogP contribution in [0.4, 0.5) is 0 Å². The van der Waals surface area contributed by atoms with Gasteiger partial charge in [-0.25, -0.2) is 18.4 Å². The van der Waals surface area contributed by atoms with Gasteiger partial charge in [0.15, 0.2) is 0 Å². The van der Waals surface area contributed by atoms with Gasteiger partial charge in [-0.15, -0.1) is 0 Å². The molecule has 3 N–H and O–H groups in total. The molecule has 0 aromatic rings. The van der Waals surface area contributed by atoms with Crippen LogP contribution >= 0.6 is 0 Å². The molecule has 1 aliphatic heterocycles. The van der Waals surface area contributed by atoms with Crippen molar-refractivity contribution in [3.8, 4) is 0 Å². The molecule has 1 rings (SSSR count). The van der Waals surface area contributed by atoms with Crippen molar-refractivity contribution in [1.82, 2.24) is 4.90 Å². The molecule has 2 unspecified atom stereocenters. The van der Waals surface area contributed by atoms with E-state index in [9.17, 15) is 22.2 Å². The normalized spacial score (nSPS) is 23.4. The summed E-state index contributed by atoms with van der Waals surface area (Å²) in [5.74, 6) is -1.68. The van der Waals surface area contributed by atoms with Gasteiger partial charge in [-0.1, -0.05) is 0 Å². The number of carbonyl (C=O) groups excluding carboxylic acids is 1. The number of amides is 1. The summed E-state index contributed by atoms with van der Waals surface area (Å²) in [4.78, 5) is 23.8. The van der Waals surface area contributed by atoms with E-state index >= 15 is 0 Å². The number of primary sulfonamides is 1. The molecule has 8 nitrogen and oxygen atoms in total. The first-order valence-corrected chi connectivity index (χ1v) is 8.80. The second-order valence-corrected chi connectivity index (χ2v) is 7.78. The number of carboxylic acid groups (broad SMARTS) is 1. The van der Waals surface area contributed by atoms with Crippen LogP contribution in [0, 0.1) is 0 Å². The van der Waals surface area contributed by atoms with Crippen LogP contribution in [0.1, 0.15) is 12.8 Å². The predicted molar refractivity (Wildman–Crippen MR) is 68.2 cm³/mol. The molecule has 10 heteroatoms. The van der Waals surface area contributed by atoms with Gasteiger partial charge in [-0.2, -0.15) is 0 Å². The highest BCUT2D eigenvalue weighted by Gasteiger charge is 2.41. The summed E-state index contributed by atoms with van der Waals surface area (Å²) in [5, 5.41) is 13.0. The lowest BCUT2D eigenvalue weighted by molar-refractivity contribution is -0.148. The second kappa shape index (κ2) is 5.97. The third-order valence-corrected chi connectivity index (χ3v) is 4.98. The Labute approximate surface area is 113 Å². The van der Waals surface area contributed by atoms with Crippen molar-refractivity contribution in [2.24, 2.45) is 5.14 Å². The van der Waals surface area contributed by atoms with Crippen molar-refractivity contribution in [2.75, 3.05) is 18.6 Å². The van der Waals surface area contributed by atoms with E-state index in [1.807, 2.05) is 0 Å². The van der Waals surface area contributed by atoms with Gasteiger partial charge in [-0.05, 0) is 6.42 Å². The van der Waals surface area contributed by atoms with Crippen LogP contribution < -0.4 is 5.14 Å². The van der Waals surface area contributed by atoms with Gasteiger partial charge in [0.25, 0.3) is 0 Å². The number of aliphatic carboxylic acids is 1. The molecule has 0 aliphatic carbocycles. The zero-order valence-corrected chi connectivity index (χ0v) is 11.9. The largest absolute Gasteiger partial charge is 0.480 e. The predicted octanol–water partition coefficient (Wildman–Crippen LogP) is -1.90. The number of carbonyl (C=O) groups is 2. The Morgan fingerprint density at radius 3 is 2.58 bits per heavy atom. The van der Waals surface area contributed by atoms with Crippen LogP contribution in [0.3, 0.4) is 0 Å². The summed E-state index contributed by atoms with van der Waals surface area (Å²) in [6, 6.07) is -1.16. The second-order valence-electron chi connectivity index (χ2n) is 4.38. The lowest BCUT2D eigenvalue weighted by Gasteiger charge is -2.24. The Morgan fingerprint density at radius 1 is 1.63 bits per heavy atom. The van der Waals surface area contributed by atoms with E-state index in [4.69, 9.17) is 10.2 Å². The number of likely N-dealkylation sites (tertiary alicyclic amines) is 1. The number of nitrogens with two attached hydrogens (primary N) is 1. The maximum absolute atomic E-state index is 11.7. The van der Waals surface area contributed by atoms with E-state index in [2.05, 4.69) is 0 Å². The molecule has 3 atom stereocenters. The third-order valence-electron chi connectivity index (χ3n) is 2.93. The molecule has 0 bridgehead atoms. The quantitative estimate of drug-likeness (QED) is 0.588. The summed E-state index contributed by atoms with van der Waals surface area (Å²) >= 11 is 0. The van der Waals surface area contributed by atoms with Gasteiger partial charge in [0.1, 0.15) is 11.3 Å². The Kier molecular flexibility index (Phi) is 5.04. The molecule has 19 heavy (non-hydrogen) atoms. The van der Waals surface area contributed by atoms with Crippen LogP contribution in [0.25, 0.3) is 0 Å². The van der Waals surface area contributed by atoms with Crippen LogP contribution in [-0.4, -0.2) is 64.4 Å². The van der Waals surface area contributed by atoms with Crippen molar-refractivity contribution in [3.63, 3.8) is 0 Å². The molecule has 110 valence electrons. The average molecular weight is 312 g/mol. The van der Waals surface area contributed by atoms with E-state index < -0.39 is 44.0 Å². The number of hydrogen-bond donors (Lipinski definition) is 2. The molecule has 0 saturated carbocycles. The maximum atomic E-state index is 11.7. The van der Waals surface area contributed by atoms with Gasteiger partial charge in [0.2, 0.25) is 15.9 Å². The standard InChI is InChI=1S/C9H16N2O6S2/c1-18(15)3-2-7(9(13)14)11-5-6(4-8(11)12)19(10,16)17/h6-7H,2-5H2,1H3,(H,13,14)(H2,10,16,17)/t6?,7-,18?/m0/s1. The fourth-order valence-corrected chi connectivity index (χ4v) is 3.21. The molecule has 0 aromatic carbocycles. The molecule has 1 heterocycles. The molecule has 1 aliphatic rings. The van der Waals surface area contributed by atoms with E-state index in [0.717, 1.165) is 4.90 Å². The summed E-state index contributed by atoms with van der Waals surface area (Å²) < 4.78 is 33.4. The molecular formula is C9H16N2O6S2. The number of carboxylic acids is 1. The number of nitrogens with zero attached hydrogens (tertiary/aromatic N) is 1. The van der Waals surface area contributed by atoms with E-state index in [1.54, 1.807) is 0 Å². The molecule has 1 amide bonds. The Morgan fingerprint density at radius 2 is 2.21 bits per heavy atom. The summed E-state index contributed by atoms with van der Waals surface area (Å²) in [6.07, 6.45) is 1.14. The SMILES string of the molecule is CS(=O)CC[C@@H](C(=O)O)N1CC(S(N)(=O)=O)CC1=O. The summed E-state index contributed by atoms with van der Waals surface area (Å²) in [5.41, 5.74) is 0. The van der Waals surface area contributed by atoms with Crippen molar-refractivity contribution in [1.29, 1.82) is 0 Å². The van der Waals surface area contributed by atoms with Crippen molar-refractivity contribution < 1.29 is 27.3 Å². The molecule has 1 fully saturated rings. The number of sulfonamides is 1. The van der Waals surface area contributed by atoms with Crippen LogP contribution in [-0.2, 0) is 30.4 Å². The van der Waals surface area contributed by atoms with E-state index in [0.29, 0.717) is 0 Å².